The Labute approximate surface area is 83.0 Å². The van der Waals surface area contributed by atoms with Crippen LogP contribution in [0.2, 0.25) is 0 Å². The molecule has 0 aliphatic carbocycles. The quantitative estimate of drug-likeness (QED) is 0.731. The lowest BCUT2D eigenvalue weighted by Crippen LogP contribution is -2.32. The Morgan fingerprint density at radius 1 is 1.71 bits per heavy atom. The number of hydrogen-bond acceptors (Lipinski definition) is 4. The van der Waals surface area contributed by atoms with E-state index in [1.165, 1.54) is 0 Å². The number of ether oxygens (including phenoxy) is 1. The van der Waals surface area contributed by atoms with Crippen molar-refractivity contribution < 1.29 is 13.9 Å². The van der Waals surface area contributed by atoms with Crippen LogP contribution < -0.4 is 5.73 Å². The lowest BCUT2D eigenvalue weighted by Gasteiger charge is -2.08. The van der Waals surface area contributed by atoms with E-state index in [1.54, 1.807) is 25.7 Å². The van der Waals surface area contributed by atoms with Crippen LogP contribution >= 0.6 is 0 Å². The first-order valence-electron chi connectivity index (χ1n) is 4.52. The molecular weight excluding hydrogens is 182 g/mol. The Balaban J connectivity index is 2.34. The summed E-state index contributed by atoms with van der Waals surface area (Å²) in [5.41, 5.74) is 6.52. The summed E-state index contributed by atoms with van der Waals surface area (Å²) in [4.78, 5) is 11.5. The predicted molar refractivity (Wildman–Crippen MR) is 51.9 cm³/mol. The van der Waals surface area contributed by atoms with Gasteiger partial charge in [-0.1, -0.05) is 0 Å². The van der Waals surface area contributed by atoms with Crippen LogP contribution in [0.25, 0.3) is 0 Å². The van der Waals surface area contributed by atoms with Gasteiger partial charge in [0, 0.05) is 20.1 Å². The summed E-state index contributed by atoms with van der Waals surface area (Å²) in [6.07, 6.45) is 4.00. The van der Waals surface area contributed by atoms with E-state index in [2.05, 4.69) is 0 Å². The molecule has 0 fully saturated rings. The van der Waals surface area contributed by atoms with Crippen LogP contribution in [0.1, 0.15) is 12.0 Å². The molecule has 1 heterocycles. The third-order valence-electron chi connectivity index (χ3n) is 2.00. The van der Waals surface area contributed by atoms with Gasteiger partial charge in [0.05, 0.1) is 18.6 Å². The molecule has 1 atom stereocenters. The van der Waals surface area contributed by atoms with Gasteiger partial charge in [0.15, 0.2) is 5.78 Å². The molecule has 14 heavy (non-hydrogen) atoms. The monoisotopic (exact) mass is 197 g/mol. The fourth-order valence-electron chi connectivity index (χ4n) is 1.13. The lowest BCUT2D eigenvalue weighted by molar-refractivity contribution is -0.120. The molecule has 0 bridgehead atoms. The molecule has 1 aromatic heterocycles. The summed E-state index contributed by atoms with van der Waals surface area (Å²) in [5.74, 6) is 0.0171. The van der Waals surface area contributed by atoms with Crippen LogP contribution in [-0.2, 0) is 16.0 Å². The summed E-state index contributed by atoms with van der Waals surface area (Å²) in [5, 5.41) is 0. The van der Waals surface area contributed by atoms with E-state index in [1.807, 2.05) is 0 Å². The first-order chi connectivity index (χ1) is 6.74. The van der Waals surface area contributed by atoms with Crippen molar-refractivity contribution in [2.75, 3.05) is 13.7 Å². The second-order valence-electron chi connectivity index (χ2n) is 3.16. The van der Waals surface area contributed by atoms with Crippen molar-refractivity contribution >= 4 is 5.78 Å². The fourth-order valence-corrected chi connectivity index (χ4v) is 1.13. The molecule has 4 nitrogen and oxygen atoms in total. The van der Waals surface area contributed by atoms with Crippen molar-refractivity contribution in [2.45, 2.75) is 18.9 Å². The van der Waals surface area contributed by atoms with Crippen LogP contribution in [0.15, 0.2) is 23.0 Å². The number of furan rings is 1. The summed E-state index contributed by atoms with van der Waals surface area (Å²) in [6, 6.07) is 1.32. The van der Waals surface area contributed by atoms with Gasteiger partial charge in [-0.2, -0.15) is 0 Å². The zero-order valence-corrected chi connectivity index (χ0v) is 8.23. The van der Waals surface area contributed by atoms with E-state index < -0.39 is 6.04 Å². The SMILES string of the molecule is COCCC(N)C(=O)Cc1ccoc1. The van der Waals surface area contributed by atoms with Gasteiger partial charge in [0.1, 0.15) is 0 Å². The van der Waals surface area contributed by atoms with Crippen molar-refractivity contribution in [3.05, 3.63) is 24.2 Å². The van der Waals surface area contributed by atoms with Crippen LogP contribution in [0.5, 0.6) is 0 Å². The zero-order valence-electron chi connectivity index (χ0n) is 8.23. The average molecular weight is 197 g/mol. The Bertz CT molecular complexity index is 269. The Kier molecular flexibility index (Phi) is 4.35. The molecule has 0 aliphatic heterocycles. The van der Waals surface area contributed by atoms with Gasteiger partial charge in [-0.25, -0.2) is 0 Å². The highest BCUT2D eigenvalue weighted by Crippen LogP contribution is 2.03. The smallest absolute Gasteiger partial charge is 0.154 e. The third kappa shape index (κ3) is 3.32. The number of ketones is 1. The van der Waals surface area contributed by atoms with Gasteiger partial charge in [0.2, 0.25) is 0 Å². The van der Waals surface area contributed by atoms with Crippen LogP contribution in [-0.4, -0.2) is 25.5 Å². The molecule has 0 saturated heterocycles. The molecule has 0 amide bonds. The topological polar surface area (TPSA) is 65.5 Å². The number of methoxy groups -OCH3 is 1. The van der Waals surface area contributed by atoms with E-state index in [4.69, 9.17) is 14.9 Å². The normalized spacial score (nSPS) is 12.7. The predicted octanol–water partition coefficient (Wildman–Crippen LogP) is 0.755. The van der Waals surface area contributed by atoms with Crippen LogP contribution in [0, 0.1) is 0 Å². The van der Waals surface area contributed by atoms with Crippen LogP contribution in [0.4, 0.5) is 0 Å². The second kappa shape index (κ2) is 5.57. The van der Waals surface area contributed by atoms with Crippen molar-refractivity contribution in [1.29, 1.82) is 0 Å². The number of nitrogens with two attached hydrogens (primary N) is 1. The standard InChI is InChI=1S/C10H15NO3/c1-13-4-3-9(11)10(12)6-8-2-5-14-7-8/h2,5,7,9H,3-4,6,11H2,1H3. The molecule has 0 spiro atoms. The van der Waals surface area contributed by atoms with Crippen LogP contribution in [0.3, 0.4) is 0 Å². The van der Waals surface area contributed by atoms with Crippen molar-refractivity contribution in [1.82, 2.24) is 0 Å². The Morgan fingerprint density at radius 2 is 2.50 bits per heavy atom. The highest BCUT2D eigenvalue weighted by atomic mass is 16.5. The first-order valence-corrected chi connectivity index (χ1v) is 4.52. The molecule has 4 heteroatoms. The molecule has 0 aromatic carbocycles. The summed E-state index contributed by atoms with van der Waals surface area (Å²) >= 11 is 0. The van der Waals surface area contributed by atoms with E-state index >= 15 is 0 Å². The molecule has 0 saturated carbocycles. The fraction of sp³-hybridized carbons (Fsp3) is 0.500. The summed E-state index contributed by atoms with van der Waals surface area (Å²) < 4.78 is 9.71. The third-order valence-corrected chi connectivity index (χ3v) is 2.00. The lowest BCUT2D eigenvalue weighted by atomic mass is 10.0. The minimum absolute atomic E-state index is 0.0171. The number of hydrogen-bond donors (Lipinski definition) is 1. The summed E-state index contributed by atoms with van der Waals surface area (Å²) in [7, 11) is 1.59. The molecule has 2 N–H and O–H groups in total. The van der Waals surface area contributed by atoms with E-state index in [9.17, 15) is 4.79 Å². The number of rotatable bonds is 6. The van der Waals surface area contributed by atoms with Crippen molar-refractivity contribution in [3.63, 3.8) is 0 Å². The molecule has 1 unspecified atom stereocenters. The number of carbonyl (C=O) groups is 1. The van der Waals surface area contributed by atoms with E-state index in [0.717, 1.165) is 5.56 Å². The molecule has 1 rings (SSSR count). The van der Waals surface area contributed by atoms with E-state index in [-0.39, 0.29) is 5.78 Å². The number of carbonyl (C=O) groups excluding carboxylic acids is 1. The highest BCUT2D eigenvalue weighted by Gasteiger charge is 2.13. The van der Waals surface area contributed by atoms with Crippen molar-refractivity contribution in [3.8, 4) is 0 Å². The summed E-state index contributed by atoms with van der Waals surface area (Å²) in [6.45, 7) is 0.512. The maximum atomic E-state index is 11.5. The minimum Gasteiger partial charge on any atom is -0.472 e. The van der Waals surface area contributed by atoms with Gasteiger partial charge in [0.25, 0.3) is 0 Å². The van der Waals surface area contributed by atoms with Gasteiger partial charge in [-0.05, 0) is 18.1 Å². The van der Waals surface area contributed by atoms with Gasteiger partial charge in [-0.15, -0.1) is 0 Å². The van der Waals surface area contributed by atoms with E-state index in [0.29, 0.717) is 19.4 Å². The molecule has 0 radical (unpaired) electrons. The molecule has 0 aliphatic rings. The maximum absolute atomic E-state index is 11.5. The highest BCUT2D eigenvalue weighted by molar-refractivity contribution is 5.85. The van der Waals surface area contributed by atoms with Gasteiger partial charge in [-0.3, -0.25) is 4.79 Å². The number of Topliss-reactive ketones (excluding diaryl/α,β-unsaturated/α-hetero) is 1. The first kappa shape index (κ1) is 10.9. The largest absolute Gasteiger partial charge is 0.472 e. The maximum Gasteiger partial charge on any atom is 0.154 e. The second-order valence-corrected chi connectivity index (χ2v) is 3.16. The Morgan fingerprint density at radius 3 is 3.07 bits per heavy atom. The Hall–Kier alpha value is -1.13. The molecule has 1 aromatic rings. The average Bonchev–Trinajstić information content (AvgIpc) is 2.66. The van der Waals surface area contributed by atoms with Gasteiger partial charge >= 0.3 is 0 Å². The zero-order chi connectivity index (χ0) is 10.4. The van der Waals surface area contributed by atoms with Gasteiger partial charge < -0.3 is 14.9 Å². The minimum atomic E-state index is -0.440. The molecule has 78 valence electrons. The van der Waals surface area contributed by atoms with Crippen molar-refractivity contribution in [2.24, 2.45) is 5.73 Å². The molecular formula is C10H15NO3.